The lowest BCUT2D eigenvalue weighted by Crippen LogP contribution is -2.51. The van der Waals surface area contributed by atoms with E-state index in [4.69, 9.17) is 4.74 Å². The van der Waals surface area contributed by atoms with Crippen molar-refractivity contribution in [2.75, 3.05) is 5.01 Å². The van der Waals surface area contributed by atoms with Gasteiger partial charge in [0, 0.05) is 24.9 Å². The minimum Gasteiger partial charge on any atom is -0.448 e. The first-order valence-corrected chi connectivity index (χ1v) is 9.87. The van der Waals surface area contributed by atoms with Crippen molar-refractivity contribution >= 4 is 29.2 Å². The fraction of sp³-hybridized carbons (Fsp3) is 0.524. The van der Waals surface area contributed by atoms with Crippen LogP contribution < -0.4 is 5.01 Å². The van der Waals surface area contributed by atoms with Gasteiger partial charge in [-0.1, -0.05) is 18.2 Å². The molecule has 1 aromatic rings. The summed E-state index contributed by atoms with van der Waals surface area (Å²) in [5.41, 5.74) is 0.750. The molecule has 0 aliphatic carbocycles. The van der Waals surface area contributed by atoms with E-state index in [1.807, 2.05) is 24.8 Å². The van der Waals surface area contributed by atoms with Crippen molar-refractivity contribution in [3.8, 4) is 0 Å². The lowest BCUT2D eigenvalue weighted by molar-refractivity contribution is -0.157. The van der Waals surface area contributed by atoms with Gasteiger partial charge in [0.25, 0.3) is 5.91 Å². The standard InChI is InChI=1S/C21H27N3O4/c1-14-8-7-9-15(2)23(14)20(26)16(3)28-21(27)18-12-13-19(25)24(22-18)17-10-5-4-6-11-17/h4-6,10-11,14-16H,7-9,12-13H2,1-3H3/t14-,15+,16-/m1/s1. The molecule has 1 aromatic carbocycles. The maximum Gasteiger partial charge on any atom is 0.355 e. The lowest BCUT2D eigenvalue weighted by Gasteiger charge is -2.40. The fourth-order valence-corrected chi connectivity index (χ4v) is 3.82. The quantitative estimate of drug-likeness (QED) is 0.747. The van der Waals surface area contributed by atoms with E-state index in [0.29, 0.717) is 5.69 Å². The molecule has 2 aliphatic heterocycles. The number of para-hydroxylation sites is 1. The number of carbonyl (C=O) groups excluding carboxylic acids is 3. The van der Waals surface area contributed by atoms with Crippen LogP contribution in [0.15, 0.2) is 35.4 Å². The van der Waals surface area contributed by atoms with Gasteiger partial charge in [-0.05, 0) is 52.2 Å². The maximum atomic E-state index is 12.8. The average Bonchev–Trinajstić information content (AvgIpc) is 2.68. The molecule has 0 radical (unpaired) electrons. The van der Waals surface area contributed by atoms with Gasteiger partial charge in [0.1, 0.15) is 5.71 Å². The third kappa shape index (κ3) is 4.24. The third-order valence-corrected chi connectivity index (χ3v) is 5.35. The van der Waals surface area contributed by atoms with Crippen molar-refractivity contribution in [1.82, 2.24) is 4.90 Å². The minimum atomic E-state index is -0.888. The van der Waals surface area contributed by atoms with Gasteiger partial charge in [0.05, 0.1) is 5.69 Å². The number of likely N-dealkylation sites (tertiary alicyclic amines) is 1. The second-order valence-corrected chi connectivity index (χ2v) is 7.51. The van der Waals surface area contributed by atoms with E-state index in [1.54, 1.807) is 31.2 Å². The maximum absolute atomic E-state index is 12.8. The van der Waals surface area contributed by atoms with E-state index in [2.05, 4.69) is 5.10 Å². The Labute approximate surface area is 165 Å². The van der Waals surface area contributed by atoms with Crippen molar-refractivity contribution in [1.29, 1.82) is 0 Å². The van der Waals surface area contributed by atoms with E-state index < -0.39 is 12.1 Å². The van der Waals surface area contributed by atoms with E-state index in [1.165, 1.54) is 5.01 Å². The van der Waals surface area contributed by atoms with Crippen LogP contribution in [0.2, 0.25) is 0 Å². The van der Waals surface area contributed by atoms with Crippen molar-refractivity contribution < 1.29 is 19.1 Å². The summed E-state index contributed by atoms with van der Waals surface area (Å²) in [7, 11) is 0. The number of anilines is 1. The Hall–Kier alpha value is -2.70. The van der Waals surface area contributed by atoms with Crippen LogP contribution in [0.5, 0.6) is 0 Å². The smallest absolute Gasteiger partial charge is 0.355 e. The predicted molar refractivity (Wildman–Crippen MR) is 106 cm³/mol. The summed E-state index contributed by atoms with van der Waals surface area (Å²) in [4.78, 5) is 39.4. The topological polar surface area (TPSA) is 79.3 Å². The first kappa shape index (κ1) is 20.0. The molecule has 0 aromatic heterocycles. The van der Waals surface area contributed by atoms with E-state index >= 15 is 0 Å². The molecule has 150 valence electrons. The van der Waals surface area contributed by atoms with Crippen LogP contribution in [-0.2, 0) is 19.1 Å². The zero-order valence-electron chi connectivity index (χ0n) is 16.6. The number of hydrazone groups is 1. The second-order valence-electron chi connectivity index (χ2n) is 7.51. The van der Waals surface area contributed by atoms with Gasteiger partial charge in [-0.25, -0.2) is 9.80 Å². The summed E-state index contributed by atoms with van der Waals surface area (Å²) in [5, 5.41) is 5.41. The van der Waals surface area contributed by atoms with Gasteiger partial charge in [0.15, 0.2) is 6.10 Å². The zero-order chi connectivity index (χ0) is 20.3. The second kappa shape index (κ2) is 8.54. The van der Waals surface area contributed by atoms with Gasteiger partial charge >= 0.3 is 5.97 Å². The summed E-state index contributed by atoms with van der Waals surface area (Å²) < 4.78 is 5.42. The largest absolute Gasteiger partial charge is 0.448 e. The monoisotopic (exact) mass is 385 g/mol. The molecule has 2 aliphatic rings. The molecule has 0 N–H and O–H groups in total. The Kier molecular flexibility index (Phi) is 6.11. The van der Waals surface area contributed by atoms with Crippen LogP contribution in [0.4, 0.5) is 5.69 Å². The Balaban J connectivity index is 1.69. The molecule has 1 fully saturated rings. The van der Waals surface area contributed by atoms with E-state index in [0.717, 1.165) is 19.3 Å². The fourth-order valence-electron chi connectivity index (χ4n) is 3.82. The Morgan fingerprint density at radius 1 is 1.11 bits per heavy atom. The number of esters is 1. The number of hydrogen-bond donors (Lipinski definition) is 0. The van der Waals surface area contributed by atoms with Crippen molar-refractivity contribution in [2.24, 2.45) is 5.10 Å². The van der Waals surface area contributed by atoms with Gasteiger partial charge < -0.3 is 9.64 Å². The SMILES string of the molecule is C[C@@H]1CCC[C@H](C)N1C(=O)[C@@H](C)OC(=O)C1=NN(c2ccccc2)C(=O)CC1. The number of nitrogens with zero attached hydrogens (tertiary/aromatic N) is 3. The number of piperidine rings is 1. The summed E-state index contributed by atoms with van der Waals surface area (Å²) in [6, 6.07) is 9.21. The molecule has 0 spiro atoms. The number of benzene rings is 1. The summed E-state index contributed by atoms with van der Waals surface area (Å²) in [5.74, 6) is -1.00. The Bertz CT molecular complexity index is 767. The molecule has 0 bridgehead atoms. The van der Waals surface area contributed by atoms with Crippen LogP contribution >= 0.6 is 0 Å². The van der Waals surface area contributed by atoms with Crippen molar-refractivity contribution in [3.63, 3.8) is 0 Å². The molecule has 3 rings (SSSR count). The molecule has 3 atom stereocenters. The zero-order valence-corrected chi connectivity index (χ0v) is 16.6. The van der Waals surface area contributed by atoms with Crippen molar-refractivity contribution in [2.45, 2.75) is 71.1 Å². The number of amides is 2. The van der Waals surface area contributed by atoms with E-state index in [-0.39, 0.29) is 42.5 Å². The van der Waals surface area contributed by atoms with Crippen LogP contribution in [0.1, 0.15) is 52.9 Å². The first-order valence-electron chi connectivity index (χ1n) is 9.87. The molecule has 28 heavy (non-hydrogen) atoms. The highest BCUT2D eigenvalue weighted by molar-refractivity contribution is 6.38. The Morgan fingerprint density at radius 3 is 2.39 bits per heavy atom. The lowest BCUT2D eigenvalue weighted by atomic mass is 9.97. The molecular formula is C21H27N3O4. The summed E-state index contributed by atoms with van der Waals surface area (Å²) >= 11 is 0. The summed E-state index contributed by atoms with van der Waals surface area (Å²) in [6.45, 7) is 5.64. The van der Waals surface area contributed by atoms with Crippen LogP contribution in [0, 0.1) is 0 Å². The predicted octanol–water partition coefficient (Wildman–Crippen LogP) is 2.89. The van der Waals surface area contributed by atoms with Crippen molar-refractivity contribution in [3.05, 3.63) is 30.3 Å². The molecular weight excluding hydrogens is 358 g/mol. The van der Waals surface area contributed by atoms with Crippen LogP contribution in [0.25, 0.3) is 0 Å². The number of rotatable bonds is 4. The van der Waals surface area contributed by atoms with Gasteiger partial charge in [-0.15, -0.1) is 0 Å². The molecule has 7 nitrogen and oxygen atoms in total. The molecule has 1 saturated heterocycles. The number of ether oxygens (including phenoxy) is 1. The molecule has 2 amide bonds. The third-order valence-electron chi connectivity index (χ3n) is 5.35. The molecule has 0 saturated carbocycles. The Morgan fingerprint density at radius 2 is 1.75 bits per heavy atom. The van der Waals surface area contributed by atoms with Gasteiger partial charge in [-0.2, -0.15) is 5.10 Å². The highest BCUT2D eigenvalue weighted by atomic mass is 16.5. The average molecular weight is 385 g/mol. The minimum absolute atomic E-state index is 0.135. The van der Waals surface area contributed by atoms with E-state index in [9.17, 15) is 14.4 Å². The van der Waals surface area contributed by atoms with Gasteiger partial charge in [-0.3, -0.25) is 9.59 Å². The molecule has 2 heterocycles. The summed E-state index contributed by atoms with van der Waals surface area (Å²) in [6.07, 6.45) is 2.50. The first-order chi connectivity index (χ1) is 13.4. The number of hydrogen-bond acceptors (Lipinski definition) is 5. The molecule has 7 heteroatoms. The van der Waals surface area contributed by atoms with Crippen LogP contribution in [-0.4, -0.2) is 46.6 Å². The highest BCUT2D eigenvalue weighted by Gasteiger charge is 2.34. The molecule has 0 unspecified atom stereocenters. The van der Waals surface area contributed by atoms with Crippen LogP contribution in [0.3, 0.4) is 0 Å². The van der Waals surface area contributed by atoms with Gasteiger partial charge in [0.2, 0.25) is 5.91 Å². The normalized spacial score (nSPS) is 23.8. The highest BCUT2D eigenvalue weighted by Crippen LogP contribution is 2.24. The number of carbonyl (C=O) groups is 3.